The van der Waals surface area contributed by atoms with Crippen LogP contribution in [0, 0.1) is 17.8 Å². The molecule has 0 aromatic carbocycles. The third-order valence-corrected chi connectivity index (χ3v) is 3.02. The van der Waals surface area contributed by atoms with Crippen molar-refractivity contribution in [1.82, 2.24) is 5.32 Å². The van der Waals surface area contributed by atoms with E-state index in [9.17, 15) is 14.4 Å². The van der Waals surface area contributed by atoms with E-state index in [0.717, 1.165) is 0 Å². The number of carbonyl (C=O) groups is 3. The van der Waals surface area contributed by atoms with Gasteiger partial charge in [0.05, 0.1) is 11.8 Å². The number of rotatable bonds is 3. The molecule has 0 bridgehead atoms. The average molecular weight is 273 g/mol. The average Bonchev–Trinajstić information content (AvgIpc) is 2.38. The predicted molar refractivity (Wildman–Crippen MR) is 69.6 cm³/mol. The molecule has 0 aromatic heterocycles. The summed E-state index contributed by atoms with van der Waals surface area (Å²) in [6.07, 6.45) is 1.80. The Balaban J connectivity index is 0.000000982. The fraction of sp³-hybridized carbons (Fsp3) is 0.769. The van der Waals surface area contributed by atoms with Crippen molar-refractivity contribution in [3.05, 3.63) is 0 Å². The molecule has 1 fully saturated rings. The molecule has 1 aliphatic carbocycles. The third-order valence-electron chi connectivity index (χ3n) is 3.02. The van der Waals surface area contributed by atoms with Crippen LogP contribution in [0.2, 0.25) is 0 Å². The minimum atomic E-state index is -1.03. The van der Waals surface area contributed by atoms with E-state index in [1.807, 2.05) is 0 Å². The molecule has 3 N–H and O–H groups in total. The first-order valence-corrected chi connectivity index (χ1v) is 6.54. The zero-order valence-electron chi connectivity index (χ0n) is 11.7. The van der Waals surface area contributed by atoms with Gasteiger partial charge in [-0.3, -0.25) is 14.4 Å². The molecule has 110 valence electrons. The zero-order chi connectivity index (χ0) is 15.0. The van der Waals surface area contributed by atoms with Gasteiger partial charge in [0.1, 0.15) is 0 Å². The lowest BCUT2D eigenvalue weighted by Crippen LogP contribution is -2.38. The quantitative estimate of drug-likeness (QED) is 0.720. The van der Waals surface area contributed by atoms with Crippen molar-refractivity contribution in [2.45, 2.75) is 39.5 Å². The van der Waals surface area contributed by atoms with Crippen LogP contribution in [0.25, 0.3) is 0 Å². The minimum absolute atomic E-state index is 0.109. The first kappa shape index (κ1) is 17.4. The second kappa shape index (κ2) is 8.50. The maximum absolute atomic E-state index is 11.4. The predicted octanol–water partition coefficient (Wildman–Crippen LogP) is 1.35. The number of nitrogens with one attached hydrogen (secondary N) is 1. The van der Waals surface area contributed by atoms with E-state index in [1.54, 1.807) is 0 Å². The van der Waals surface area contributed by atoms with Crippen LogP contribution in [-0.2, 0) is 14.4 Å². The largest absolute Gasteiger partial charge is 0.481 e. The van der Waals surface area contributed by atoms with Crippen molar-refractivity contribution in [2.24, 2.45) is 17.8 Å². The van der Waals surface area contributed by atoms with Gasteiger partial charge in [-0.05, 0) is 19.3 Å². The van der Waals surface area contributed by atoms with Gasteiger partial charge < -0.3 is 15.5 Å². The smallest absolute Gasteiger partial charge is 0.306 e. The maximum Gasteiger partial charge on any atom is 0.306 e. The molecule has 0 spiro atoms. The van der Waals surface area contributed by atoms with Gasteiger partial charge in [-0.25, -0.2) is 0 Å². The molecule has 2 unspecified atom stereocenters. The summed E-state index contributed by atoms with van der Waals surface area (Å²) >= 11 is 0. The Morgan fingerprint density at radius 1 is 0.947 bits per heavy atom. The normalized spacial score (nSPS) is 25.7. The van der Waals surface area contributed by atoms with Gasteiger partial charge in [0.25, 0.3) is 0 Å². The van der Waals surface area contributed by atoms with Crippen molar-refractivity contribution in [3.63, 3.8) is 0 Å². The summed E-state index contributed by atoms with van der Waals surface area (Å²) in [6.45, 7) is 4.25. The van der Waals surface area contributed by atoms with Crippen molar-refractivity contribution in [2.75, 3.05) is 7.05 Å². The molecule has 1 aliphatic rings. The molecule has 1 amide bonds. The van der Waals surface area contributed by atoms with Crippen molar-refractivity contribution >= 4 is 17.8 Å². The number of hydrogen-bond donors (Lipinski definition) is 3. The van der Waals surface area contributed by atoms with E-state index in [2.05, 4.69) is 19.2 Å². The van der Waals surface area contributed by atoms with E-state index in [1.165, 1.54) is 13.5 Å². The molecule has 2 atom stereocenters. The summed E-state index contributed by atoms with van der Waals surface area (Å²) in [5.74, 6) is -4.33. The summed E-state index contributed by atoms with van der Waals surface area (Å²) in [6, 6.07) is 0. The summed E-state index contributed by atoms with van der Waals surface area (Å²) in [4.78, 5) is 33.1. The van der Waals surface area contributed by atoms with Crippen molar-refractivity contribution < 1.29 is 24.6 Å². The number of aliphatic carboxylic acids is 2. The van der Waals surface area contributed by atoms with Crippen LogP contribution >= 0.6 is 0 Å². The molecule has 0 radical (unpaired) electrons. The summed E-state index contributed by atoms with van der Waals surface area (Å²) < 4.78 is 0. The molecule has 0 aromatic rings. The lowest BCUT2D eigenvalue weighted by Gasteiger charge is -2.29. The summed E-state index contributed by atoms with van der Waals surface area (Å²) in [5.41, 5.74) is 0. The second-order valence-corrected chi connectivity index (χ2v) is 4.80. The van der Waals surface area contributed by atoms with Crippen LogP contribution in [-0.4, -0.2) is 35.1 Å². The SMILES string of the molecule is CCC.CNC(=O)C1CC(C(=O)O)CC(C(=O)O)C1. The number of carbonyl (C=O) groups excluding carboxylic acids is 1. The molecule has 6 nitrogen and oxygen atoms in total. The first-order valence-electron chi connectivity index (χ1n) is 6.54. The number of carboxylic acids is 2. The van der Waals surface area contributed by atoms with Gasteiger partial charge >= 0.3 is 11.9 Å². The zero-order valence-corrected chi connectivity index (χ0v) is 11.7. The van der Waals surface area contributed by atoms with Crippen LogP contribution in [0.1, 0.15) is 39.5 Å². The van der Waals surface area contributed by atoms with Gasteiger partial charge in [-0.15, -0.1) is 0 Å². The first-order chi connectivity index (χ1) is 8.87. The molecule has 0 aliphatic heterocycles. The van der Waals surface area contributed by atoms with Crippen molar-refractivity contribution in [3.8, 4) is 0 Å². The van der Waals surface area contributed by atoms with Gasteiger partial charge in [-0.2, -0.15) is 0 Å². The Morgan fingerprint density at radius 2 is 1.26 bits per heavy atom. The van der Waals surface area contributed by atoms with Gasteiger partial charge in [0, 0.05) is 13.0 Å². The topological polar surface area (TPSA) is 104 Å². The molecular formula is C13H23NO5. The van der Waals surface area contributed by atoms with E-state index in [4.69, 9.17) is 10.2 Å². The lowest BCUT2D eigenvalue weighted by atomic mass is 9.75. The minimum Gasteiger partial charge on any atom is -0.481 e. The highest BCUT2D eigenvalue weighted by Gasteiger charge is 2.38. The molecule has 1 saturated carbocycles. The summed E-state index contributed by atoms with van der Waals surface area (Å²) in [5, 5.41) is 20.2. The van der Waals surface area contributed by atoms with Crippen LogP contribution < -0.4 is 5.32 Å². The van der Waals surface area contributed by atoms with Crippen LogP contribution in [0.15, 0.2) is 0 Å². The number of amides is 1. The fourth-order valence-corrected chi connectivity index (χ4v) is 2.14. The Labute approximate surface area is 113 Å². The van der Waals surface area contributed by atoms with Gasteiger partial charge in [0.15, 0.2) is 0 Å². The third kappa shape index (κ3) is 5.72. The number of hydrogen-bond acceptors (Lipinski definition) is 3. The Morgan fingerprint density at radius 3 is 1.53 bits per heavy atom. The standard InChI is InChI=1S/C10H15NO5.C3H8/c1-11-8(12)5-2-6(9(13)14)4-7(3-5)10(15)16;1-3-2/h5-7H,2-4H2,1H3,(H,11,12)(H,13,14)(H,15,16);3H2,1-2H3. The van der Waals surface area contributed by atoms with Crippen LogP contribution in [0.3, 0.4) is 0 Å². The fourth-order valence-electron chi connectivity index (χ4n) is 2.14. The molecular weight excluding hydrogens is 250 g/mol. The van der Waals surface area contributed by atoms with Crippen LogP contribution in [0.4, 0.5) is 0 Å². The van der Waals surface area contributed by atoms with Crippen LogP contribution in [0.5, 0.6) is 0 Å². The van der Waals surface area contributed by atoms with E-state index < -0.39 is 29.7 Å². The van der Waals surface area contributed by atoms with Gasteiger partial charge in [-0.1, -0.05) is 20.3 Å². The molecule has 1 rings (SSSR count). The molecule has 0 saturated heterocycles. The summed E-state index contributed by atoms with van der Waals surface area (Å²) in [7, 11) is 1.46. The Kier molecular flexibility index (Phi) is 7.79. The second-order valence-electron chi connectivity index (χ2n) is 4.80. The highest BCUT2D eigenvalue weighted by Crippen LogP contribution is 2.33. The van der Waals surface area contributed by atoms with Gasteiger partial charge in [0.2, 0.25) is 5.91 Å². The molecule has 6 heteroatoms. The highest BCUT2D eigenvalue weighted by molar-refractivity contribution is 5.81. The monoisotopic (exact) mass is 273 g/mol. The Hall–Kier alpha value is -1.59. The molecule has 19 heavy (non-hydrogen) atoms. The highest BCUT2D eigenvalue weighted by atomic mass is 16.4. The van der Waals surface area contributed by atoms with E-state index in [0.29, 0.717) is 0 Å². The molecule has 0 heterocycles. The van der Waals surface area contributed by atoms with E-state index >= 15 is 0 Å². The van der Waals surface area contributed by atoms with Crippen molar-refractivity contribution in [1.29, 1.82) is 0 Å². The van der Waals surface area contributed by atoms with E-state index in [-0.39, 0.29) is 25.2 Å². The number of carboxylic acid groups (broad SMARTS) is 2. The maximum atomic E-state index is 11.4. The lowest BCUT2D eigenvalue weighted by molar-refractivity contribution is -0.150. The Bertz CT molecular complexity index is 307.